The van der Waals surface area contributed by atoms with Crippen molar-refractivity contribution in [2.24, 2.45) is 0 Å². The summed E-state index contributed by atoms with van der Waals surface area (Å²) >= 11 is 0. The number of ether oxygens (including phenoxy) is 1. The number of hydrogen-bond acceptors (Lipinski definition) is 3. The minimum absolute atomic E-state index is 0.0353. The van der Waals surface area contributed by atoms with Crippen LogP contribution in [0.1, 0.15) is 19.8 Å². The second kappa shape index (κ2) is 3.12. The molecule has 0 aliphatic carbocycles. The van der Waals surface area contributed by atoms with Crippen molar-refractivity contribution in [2.45, 2.75) is 32.0 Å². The van der Waals surface area contributed by atoms with Crippen molar-refractivity contribution in [2.75, 3.05) is 6.61 Å². The lowest BCUT2D eigenvalue weighted by Gasteiger charge is -2.04. The zero-order chi connectivity index (χ0) is 7.56. The van der Waals surface area contributed by atoms with Crippen LogP contribution in [-0.2, 0) is 9.53 Å². The largest absolute Gasteiger partial charge is 0.393 e. The van der Waals surface area contributed by atoms with E-state index < -0.39 is 6.10 Å². The summed E-state index contributed by atoms with van der Waals surface area (Å²) in [6, 6.07) is 0. The molecule has 3 heteroatoms. The Hall–Kier alpha value is -0.410. The van der Waals surface area contributed by atoms with E-state index in [0.29, 0.717) is 6.42 Å². The first-order valence-corrected chi connectivity index (χ1v) is 3.47. The summed E-state index contributed by atoms with van der Waals surface area (Å²) in [7, 11) is 0. The Bertz CT molecular complexity index is 129. The summed E-state index contributed by atoms with van der Waals surface area (Å²) in [5, 5.41) is 9.13. The van der Waals surface area contributed by atoms with Gasteiger partial charge in [-0.15, -0.1) is 0 Å². The average molecular weight is 144 g/mol. The van der Waals surface area contributed by atoms with Gasteiger partial charge in [0.2, 0.25) is 0 Å². The molecule has 1 aliphatic rings. The summed E-state index contributed by atoms with van der Waals surface area (Å²) in [6.45, 7) is 2.23. The van der Waals surface area contributed by atoms with Gasteiger partial charge in [-0.05, 0) is 6.92 Å². The Labute approximate surface area is 60.0 Å². The Morgan fingerprint density at radius 3 is 2.90 bits per heavy atom. The van der Waals surface area contributed by atoms with E-state index in [9.17, 15) is 4.79 Å². The first kappa shape index (κ1) is 7.69. The van der Waals surface area contributed by atoms with Gasteiger partial charge in [0.15, 0.2) is 0 Å². The van der Waals surface area contributed by atoms with Gasteiger partial charge in [0.1, 0.15) is 5.78 Å². The van der Waals surface area contributed by atoms with Gasteiger partial charge >= 0.3 is 0 Å². The summed E-state index contributed by atoms with van der Waals surface area (Å²) in [4.78, 5) is 10.5. The Morgan fingerprint density at radius 2 is 2.50 bits per heavy atom. The van der Waals surface area contributed by atoms with Gasteiger partial charge in [-0.3, -0.25) is 4.79 Å². The first-order chi connectivity index (χ1) is 4.68. The molecule has 10 heavy (non-hydrogen) atoms. The highest BCUT2D eigenvalue weighted by atomic mass is 16.6. The third-order valence-corrected chi connectivity index (χ3v) is 1.46. The number of carbonyl (C=O) groups excluding carboxylic acids is 1. The van der Waals surface area contributed by atoms with Crippen molar-refractivity contribution >= 4 is 5.78 Å². The quantitative estimate of drug-likeness (QED) is 0.570. The number of aliphatic hydroxyl groups is 1. The fraction of sp³-hybridized carbons (Fsp3) is 0.857. The zero-order valence-corrected chi connectivity index (χ0v) is 6.04. The molecule has 1 saturated heterocycles. The normalized spacial score (nSPS) is 26.0. The molecule has 3 nitrogen and oxygen atoms in total. The fourth-order valence-electron chi connectivity index (χ4n) is 0.923. The topological polar surface area (TPSA) is 49.8 Å². The Balaban J connectivity index is 2.07. The maximum atomic E-state index is 10.5. The standard InChI is InChI=1S/C7H12O3/c1-5(8)2-6(9)3-7-4-10-7/h6-7,9H,2-4H2,1H3/t6-,7-/m0/s1. The Kier molecular flexibility index (Phi) is 2.40. The molecule has 1 aliphatic heterocycles. The molecule has 1 N–H and O–H groups in total. The van der Waals surface area contributed by atoms with Crippen LogP contribution < -0.4 is 0 Å². The molecule has 0 saturated carbocycles. The predicted molar refractivity (Wildman–Crippen MR) is 35.7 cm³/mol. The van der Waals surface area contributed by atoms with Crippen molar-refractivity contribution in [3.63, 3.8) is 0 Å². The second-order valence-electron chi connectivity index (χ2n) is 2.75. The van der Waals surface area contributed by atoms with Crippen LogP contribution in [0.4, 0.5) is 0 Å². The molecule has 1 fully saturated rings. The molecular weight excluding hydrogens is 132 g/mol. The molecule has 0 aromatic heterocycles. The molecule has 0 amide bonds. The number of epoxide rings is 1. The minimum atomic E-state index is -0.495. The van der Waals surface area contributed by atoms with Crippen LogP contribution in [0.3, 0.4) is 0 Å². The maximum absolute atomic E-state index is 10.5. The SMILES string of the molecule is CC(=O)C[C@H](O)C[C@H]1CO1. The van der Waals surface area contributed by atoms with E-state index in [-0.39, 0.29) is 18.3 Å². The van der Waals surface area contributed by atoms with Gasteiger partial charge in [0.25, 0.3) is 0 Å². The molecular formula is C7H12O3. The zero-order valence-electron chi connectivity index (χ0n) is 6.04. The van der Waals surface area contributed by atoms with Gasteiger partial charge in [-0.25, -0.2) is 0 Å². The summed E-state index contributed by atoms with van der Waals surface area (Å²) < 4.78 is 4.89. The van der Waals surface area contributed by atoms with E-state index in [1.54, 1.807) is 0 Å². The van der Waals surface area contributed by atoms with Gasteiger partial charge in [0.05, 0.1) is 18.8 Å². The third kappa shape index (κ3) is 2.94. The molecule has 58 valence electrons. The van der Waals surface area contributed by atoms with E-state index >= 15 is 0 Å². The van der Waals surface area contributed by atoms with Crippen LogP contribution in [0.5, 0.6) is 0 Å². The van der Waals surface area contributed by atoms with E-state index in [4.69, 9.17) is 9.84 Å². The van der Waals surface area contributed by atoms with Crippen LogP contribution in [0.15, 0.2) is 0 Å². The van der Waals surface area contributed by atoms with Crippen LogP contribution in [0.2, 0.25) is 0 Å². The predicted octanol–water partition coefficient (Wildman–Crippen LogP) is 0.115. The molecule has 0 radical (unpaired) electrons. The number of rotatable bonds is 4. The number of carbonyl (C=O) groups is 1. The van der Waals surface area contributed by atoms with Crippen LogP contribution in [0, 0.1) is 0 Å². The Morgan fingerprint density at radius 1 is 1.90 bits per heavy atom. The van der Waals surface area contributed by atoms with Gasteiger partial charge < -0.3 is 9.84 Å². The lowest BCUT2D eigenvalue weighted by atomic mass is 10.1. The smallest absolute Gasteiger partial charge is 0.132 e. The van der Waals surface area contributed by atoms with E-state index in [1.165, 1.54) is 6.92 Å². The highest BCUT2D eigenvalue weighted by molar-refractivity contribution is 5.75. The number of hydrogen-bond donors (Lipinski definition) is 1. The van der Waals surface area contributed by atoms with Crippen LogP contribution in [-0.4, -0.2) is 29.7 Å². The minimum Gasteiger partial charge on any atom is -0.393 e. The van der Waals surface area contributed by atoms with Gasteiger partial charge in [0, 0.05) is 12.8 Å². The van der Waals surface area contributed by atoms with E-state index in [1.807, 2.05) is 0 Å². The molecule has 0 unspecified atom stereocenters. The lowest BCUT2D eigenvalue weighted by molar-refractivity contribution is -0.118. The molecule has 0 bridgehead atoms. The van der Waals surface area contributed by atoms with Crippen LogP contribution in [0.25, 0.3) is 0 Å². The molecule has 2 atom stereocenters. The van der Waals surface area contributed by atoms with Crippen molar-refractivity contribution in [1.82, 2.24) is 0 Å². The van der Waals surface area contributed by atoms with Crippen molar-refractivity contribution in [1.29, 1.82) is 0 Å². The average Bonchev–Trinajstić information content (AvgIpc) is 2.46. The number of aliphatic hydroxyl groups excluding tert-OH is 1. The van der Waals surface area contributed by atoms with E-state index in [2.05, 4.69) is 0 Å². The van der Waals surface area contributed by atoms with Crippen LogP contribution >= 0.6 is 0 Å². The second-order valence-corrected chi connectivity index (χ2v) is 2.75. The maximum Gasteiger partial charge on any atom is 0.132 e. The van der Waals surface area contributed by atoms with Crippen molar-refractivity contribution < 1.29 is 14.6 Å². The summed E-state index contributed by atoms with van der Waals surface area (Å²) in [5.41, 5.74) is 0. The van der Waals surface area contributed by atoms with E-state index in [0.717, 1.165) is 6.61 Å². The molecule has 0 spiro atoms. The monoisotopic (exact) mass is 144 g/mol. The van der Waals surface area contributed by atoms with Crippen molar-refractivity contribution in [3.8, 4) is 0 Å². The molecule has 0 aromatic rings. The van der Waals surface area contributed by atoms with Gasteiger partial charge in [-0.1, -0.05) is 0 Å². The lowest BCUT2D eigenvalue weighted by Crippen LogP contribution is -2.13. The molecule has 0 aromatic carbocycles. The number of ketones is 1. The highest BCUT2D eigenvalue weighted by Gasteiger charge is 2.25. The highest BCUT2D eigenvalue weighted by Crippen LogP contribution is 2.16. The van der Waals surface area contributed by atoms with Gasteiger partial charge in [-0.2, -0.15) is 0 Å². The third-order valence-electron chi connectivity index (χ3n) is 1.46. The summed E-state index contributed by atoms with van der Waals surface area (Å²) in [6.07, 6.45) is 0.596. The first-order valence-electron chi connectivity index (χ1n) is 3.47. The number of Topliss-reactive ketones (excluding diaryl/α,β-unsaturated/α-hetero) is 1. The molecule has 1 heterocycles. The van der Waals surface area contributed by atoms with Crippen molar-refractivity contribution in [3.05, 3.63) is 0 Å². The fourth-order valence-corrected chi connectivity index (χ4v) is 0.923. The molecule has 1 rings (SSSR count). The summed E-state index contributed by atoms with van der Waals surface area (Å²) in [5.74, 6) is 0.0353.